The van der Waals surface area contributed by atoms with Crippen LogP contribution in [0.3, 0.4) is 0 Å². The van der Waals surface area contributed by atoms with E-state index in [1.54, 1.807) is 4.90 Å². The summed E-state index contributed by atoms with van der Waals surface area (Å²) in [6.07, 6.45) is 0. The molecule has 3 nitrogen and oxygen atoms in total. The van der Waals surface area contributed by atoms with Crippen LogP contribution in [0.2, 0.25) is 0 Å². The zero-order valence-electron chi connectivity index (χ0n) is 10.4. The van der Waals surface area contributed by atoms with Gasteiger partial charge in [0.1, 0.15) is 0 Å². The normalized spacial score (nSPS) is 16.9. The van der Waals surface area contributed by atoms with Crippen molar-refractivity contribution >= 4 is 5.91 Å². The average molecular weight is 255 g/mol. The highest BCUT2D eigenvalue weighted by Crippen LogP contribution is 2.11. The summed E-state index contributed by atoms with van der Waals surface area (Å²) in [4.78, 5) is 15.2. The molecule has 1 heterocycles. The van der Waals surface area contributed by atoms with Crippen molar-refractivity contribution in [3.8, 4) is 0 Å². The van der Waals surface area contributed by atoms with Gasteiger partial charge in [0.15, 0.2) is 11.6 Å². The first kappa shape index (κ1) is 13.0. The second-order valence-electron chi connectivity index (χ2n) is 4.52. The summed E-state index contributed by atoms with van der Waals surface area (Å²) >= 11 is 0. The molecule has 5 heteroatoms. The van der Waals surface area contributed by atoms with E-state index < -0.39 is 11.6 Å². The van der Waals surface area contributed by atoms with Crippen molar-refractivity contribution in [2.45, 2.75) is 6.92 Å². The standard InChI is InChI=1S/C13H16F2N2O/c1-2-16-5-7-17(8-6-16)13(18)10-3-4-11(14)12(15)9-10/h3-4,9H,2,5-8H2,1H3/p+1. The topological polar surface area (TPSA) is 24.8 Å². The number of carbonyl (C=O) groups excluding carboxylic acids is 1. The molecule has 0 unspecified atom stereocenters. The van der Waals surface area contributed by atoms with E-state index in [-0.39, 0.29) is 11.5 Å². The quantitative estimate of drug-likeness (QED) is 0.809. The van der Waals surface area contributed by atoms with E-state index in [4.69, 9.17) is 0 Å². The lowest BCUT2D eigenvalue weighted by Gasteiger charge is -2.31. The Morgan fingerprint density at radius 3 is 2.50 bits per heavy atom. The van der Waals surface area contributed by atoms with Crippen LogP contribution < -0.4 is 4.90 Å². The Hall–Kier alpha value is -1.49. The molecule has 1 N–H and O–H groups in total. The molecule has 0 spiro atoms. The lowest BCUT2D eigenvalue weighted by molar-refractivity contribution is -0.902. The van der Waals surface area contributed by atoms with Crippen LogP contribution in [0.25, 0.3) is 0 Å². The van der Waals surface area contributed by atoms with Crippen molar-refractivity contribution in [1.82, 2.24) is 4.90 Å². The van der Waals surface area contributed by atoms with Gasteiger partial charge in [0.05, 0.1) is 32.7 Å². The molecule has 1 aliphatic heterocycles. The minimum absolute atomic E-state index is 0.217. The molecule has 98 valence electrons. The number of amides is 1. The maximum atomic E-state index is 13.1. The molecule has 1 amide bonds. The largest absolute Gasteiger partial charge is 0.332 e. The van der Waals surface area contributed by atoms with E-state index in [1.165, 1.54) is 11.0 Å². The monoisotopic (exact) mass is 255 g/mol. The number of rotatable bonds is 2. The van der Waals surface area contributed by atoms with Crippen LogP contribution in [-0.2, 0) is 0 Å². The third-order valence-corrected chi connectivity index (χ3v) is 3.42. The highest BCUT2D eigenvalue weighted by molar-refractivity contribution is 5.94. The van der Waals surface area contributed by atoms with Crippen LogP contribution in [0.5, 0.6) is 0 Å². The highest BCUT2D eigenvalue weighted by Gasteiger charge is 2.24. The summed E-state index contributed by atoms with van der Waals surface area (Å²) in [6, 6.07) is 3.30. The molecule has 1 saturated heterocycles. The van der Waals surface area contributed by atoms with Gasteiger partial charge in [-0.25, -0.2) is 8.78 Å². The fourth-order valence-corrected chi connectivity index (χ4v) is 2.19. The predicted octanol–water partition coefficient (Wildman–Crippen LogP) is 0.325. The molecule has 0 saturated carbocycles. The maximum absolute atomic E-state index is 13.1. The van der Waals surface area contributed by atoms with E-state index in [0.717, 1.165) is 31.8 Å². The fourth-order valence-electron chi connectivity index (χ4n) is 2.19. The molecule has 0 radical (unpaired) electrons. The van der Waals surface area contributed by atoms with Crippen LogP contribution in [0.4, 0.5) is 8.78 Å². The number of likely N-dealkylation sites (N-methyl/N-ethyl adjacent to an activating group) is 1. The van der Waals surface area contributed by atoms with Crippen LogP contribution >= 0.6 is 0 Å². The van der Waals surface area contributed by atoms with Crippen molar-refractivity contribution in [1.29, 1.82) is 0 Å². The van der Waals surface area contributed by atoms with E-state index in [0.29, 0.717) is 13.1 Å². The number of halogens is 2. The van der Waals surface area contributed by atoms with Crippen molar-refractivity contribution in [2.75, 3.05) is 32.7 Å². The average Bonchev–Trinajstić information content (AvgIpc) is 2.41. The molecule has 1 aromatic rings. The number of hydrogen-bond acceptors (Lipinski definition) is 1. The first-order valence-corrected chi connectivity index (χ1v) is 6.19. The third-order valence-electron chi connectivity index (χ3n) is 3.42. The predicted molar refractivity (Wildman–Crippen MR) is 63.5 cm³/mol. The summed E-state index contributed by atoms with van der Waals surface area (Å²) in [5, 5.41) is 0. The molecule has 1 fully saturated rings. The number of nitrogens with zero attached hydrogens (tertiary/aromatic N) is 1. The van der Waals surface area contributed by atoms with Crippen molar-refractivity contribution < 1.29 is 18.5 Å². The zero-order valence-corrected chi connectivity index (χ0v) is 10.4. The molecule has 18 heavy (non-hydrogen) atoms. The SMILES string of the molecule is CC[NH+]1CCN(C(=O)c2ccc(F)c(F)c2)CC1. The molecule has 0 bridgehead atoms. The van der Waals surface area contributed by atoms with Gasteiger partial charge in [-0.3, -0.25) is 4.79 Å². The number of carbonyl (C=O) groups is 1. The van der Waals surface area contributed by atoms with Crippen LogP contribution in [-0.4, -0.2) is 43.5 Å². The first-order valence-electron chi connectivity index (χ1n) is 6.19. The third kappa shape index (κ3) is 2.67. The van der Waals surface area contributed by atoms with Gasteiger partial charge in [-0.15, -0.1) is 0 Å². The van der Waals surface area contributed by atoms with Gasteiger partial charge >= 0.3 is 0 Å². The summed E-state index contributed by atoms with van der Waals surface area (Å²) in [5.41, 5.74) is 0.217. The van der Waals surface area contributed by atoms with Gasteiger partial charge in [-0.2, -0.15) is 0 Å². The van der Waals surface area contributed by atoms with Gasteiger partial charge in [-0.1, -0.05) is 0 Å². The Bertz CT molecular complexity index is 443. The maximum Gasteiger partial charge on any atom is 0.254 e. The minimum Gasteiger partial charge on any atom is -0.332 e. The number of nitrogens with one attached hydrogen (secondary N) is 1. The van der Waals surface area contributed by atoms with E-state index in [2.05, 4.69) is 6.92 Å². The van der Waals surface area contributed by atoms with Crippen LogP contribution in [0.1, 0.15) is 17.3 Å². The van der Waals surface area contributed by atoms with Crippen LogP contribution in [0.15, 0.2) is 18.2 Å². The van der Waals surface area contributed by atoms with Gasteiger partial charge in [0.25, 0.3) is 5.91 Å². The molecule has 1 aliphatic rings. The van der Waals surface area contributed by atoms with E-state index >= 15 is 0 Å². The van der Waals surface area contributed by atoms with Gasteiger partial charge in [0.2, 0.25) is 0 Å². The minimum atomic E-state index is -0.973. The Kier molecular flexibility index (Phi) is 3.91. The smallest absolute Gasteiger partial charge is 0.254 e. The second kappa shape index (κ2) is 5.44. The second-order valence-corrected chi connectivity index (χ2v) is 4.52. The molecule has 0 atom stereocenters. The first-order chi connectivity index (χ1) is 8.61. The molecule has 0 aliphatic carbocycles. The van der Waals surface area contributed by atoms with E-state index in [9.17, 15) is 13.6 Å². The van der Waals surface area contributed by atoms with Crippen molar-refractivity contribution in [2.24, 2.45) is 0 Å². The van der Waals surface area contributed by atoms with E-state index in [1.807, 2.05) is 0 Å². The molecule has 2 rings (SSSR count). The highest BCUT2D eigenvalue weighted by atomic mass is 19.2. The fraction of sp³-hybridized carbons (Fsp3) is 0.462. The summed E-state index contributed by atoms with van der Waals surface area (Å²) in [5.74, 6) is -2.12. The Morgan fingerprint density at radius 1 is 1.28 bits per heavy atom. The Balaban J connectivity index is 2.05. The van der Waals surface area contributed by atoms with Gasteiger partial charge in [0, 0.05) is 5.56 Å². The number of benzene rings is 1. The summed E-state index contributed by atoms with van der Waals surface area (Å²) in [7, 11) is 0. The number of quaternary nitrogens is 1. The molecule has 0 aromatic heterocycles. The number of piperazine rings is 1. The van der Waals surface area contributed by atoms with Crippen molar-refractivity contribution in [3.63, 3.8) is 0 Å². The lowest BCUT2D eigenvalue weighted by Crippen LogP contribution is -3.14. The van der Waals surface area contributed by atoms with Gasteiger partial charge in [-0.05, 0) is 25.1 Å². The number of hydrogen-bond donors (Lipinski definition) is 1. The summed E-state index contributed by atoms with van der Waals surface area (Å²) < 4.78 is 25.9. The molecular weight excluding hydrogens is 238 g/mol. The molecular formula is C13H17F2N2O+. The van der Waals surface area contributed by atoms with Gasteiger partial charge < -0.3 is 9.80 Å². The molecule has 1 aromatic carbocycles. The lowest BCUT2D eigenvalue weighted by atomic mass is 10.1. The summed E-state index contributed by atoms with van der Waals surface area (Å²) in [6.45, 7) is 6.31. The van der Waals surface area contributed by atoms with Crippen LogP contribution in [0, 0.1) is 11.6 Å². The van der Waals surface area contributed by atoms with Crippen molar-refractivity contribution in [3.05, 3.63) is 35.4 Å². The Labute approximate surface area is 105 Å². The zero-order chi connectivity index (χ0) is 13.1. The Morgan fingerprint density at radius 2 is 1.94 bits per heavy atom.